The standard InChI is InChI=1S/C22H27ClN2O2/c1-26-22-12-17(13-24-20-14-25-10-8-18(20)9-11-25)4-7-21(22)27-15-16-2-5-19(23)6-3-16/h2-7,12,18,20,24H,8-11,13-15H2,1H3. The lowest BCUT2D eigenvalue weighted by molar-refractivity contribution is 0.0720. The molecule has 144 valence electrons. The van der Waals surface area contributed by atoms with Crippen LogP contribution in [0, 0.1) is 5.92 Å². The first kappa shape index (κ1) is 18.6. The van der Waals surface area contributed by atoms with Gasteiger partial charge in [-0.3, -0.25) is 0 Å². The van der Waals surface area contributed by atoms with Gasteiger partial charge in [-0.2, -0.15) is 0 Å². The summed E-state index contributed by atoms with van der Waals surface area (Å²) >= 11 is 5.93. The van der Waals surface area contributed by atoms with E-state index in [1.54, 1.807) is 7.11 Å². The smallest absolute Gasteiger partial charge is 0.161 e. The number of hydrogen-bond acceptors (Lipinski definition) is 4. The molecule has 5 heteroatoms. The average molecular weight is 387 g/mol. The first-order valence-electron chi connectivity index (χ1n) is 9.71. The molecule has 1 N–H and O–H groups in total. The monoisotopic (exact) mass is 386 g/mol. The van der Waals surface area contributed by atoms with Crippen LogP contribution in [0.5, 0.6) is 11.5 Å². The van der Waals surface area contributed by atoms with Gasteiger partial charge < -0.3 is 19.7 Å². The predicted molar refractivity (Wildman–Crippen MR) is 109 cm³/mol. The van der Waals surface area contributed by atoms with Crippen molar-refractivity contribution in [2.45, 2.75) is 32.0 Å². The molecule has 4 nitrogen and oxygen atoms in total. The molecule has 1 atom stereocenters. The lowest BCUT2D eigenvalue weighted by atomic mass is 9.84. The predicted octanol–water partition coefficient (Wildman–Crippen LogP) is 4.11. The molecule has 0 aliphatic carbocycles. The molecule has 3 heterocycles. The number of ether oxygens (including phenoxy) is 2. The molecule has 3 saturated heterocycles. The number of nitrogens with zero attached hydrogens (tertiary/aromatic N) is 1. The van der Waals surface area contributed by atoms with Gasteiger partial charge in [0.15, 0.2) is 11.5 Å². The Labute approximate surface area is 166 Å². The van der Waals surface area contributed by atoms with Crippen molar-refractivity contribution in [3.8, 4) is 11.5 Å². The minimum Gasteiger partial charge on any atom is -0.493 e. The minimum absolute atomic E-state index is 0.491. The summed E-state index contributed by atoms with van der Waals surface area (Å²) < 4.78 is 11.5. The lowest BCUT2D eigenvalue weighted by Gasteiger charge is -2.45. The maximum atomic E-state index is 5.95. The number of hydrogen-bond donors (Lipinski definition) is 1. The normalized spacial score (nSPS) is 24.0. The Bertz CT molecular complexity index is 757. The number of halogens is 1. The number of benzene rings is 2. The van der Waals surface area contributed by atoms with Gasteiger partial charge in [0, 0.05) is 24.2 Å². The van der Waals surface area contributed by atoms with Gasteiger partial charge in [0.05, 0.1) is 7.11 Å². The van der Waals surface area contributed by atoms with Gasteiger partial charge in [-0.15, -0.1) is 0 Å². The van der Waals surface area contributed by atoms with Gasteiger partial charge in [-0.1, -0.05) is 29.8 Å². The van der Waals surface area contributed by atoms with E-state index in [-0.39, 0.29) is 0 Å². The van der Waals surface area contributed by atoms with Crippen LogP contribution in [0.2, 0.25) is 5.02 Å². The molecule has 0 amide bonds. The third-order valence-corrected chi connectivity index (χ3v) is 6.01. The number of fused-ring (bicyclic) bond motifs is 3. The number of rotatable bonds is 7. The van der Waals surface area contributed by atoms with Gasteiger partial charge in [0.1, 0.15) is 6.61 Å². The van der Waals surface area contributed by atoms with Gasteiger partial charge in [-0.05, 0) is 67.2 Å². The van der Waals surface area contributed by atoms with Crippen LogP contribution >= 0.6 is 11.6 Å². The fraction of sp³-hybridized carbons (Fsp3) is 0.455. The van der Waals surface area contributed by atoms with Crippen molar-refractivity contribution >= 4 is 11.6 Å². The van der Waals surface area contributed by atoms with Crippen LogP contribution in [0.3, 0.4) is 0 Å². The second-order valence-corrected chi connectivity index (χ2v) is 7.96. The molecule has 3 aliphatic rings. The van der Waals surface area contributed by atoms with E-state index >= 15 is 0 Å². The van der Waals surface area contributed by atoms with Gasteiger partial charge in [-0.25, -0.2) is 0 Å². The zero-order valence-corrected chi connectivity index (χ0v) is 16.5. The van der Waals surface area contributed by atoms with Crippen molar-refractivity contribution in [2.24, 2.45) is 5.92 Å². The van der Waals surface area contributed by atoms with Crippen LogP contribution < -0.4 is 14.8 Å². The second kappa shape index (κ2) is 8.51. The summed E-state index contributed by atoms with van der Waals surface area (Å²) in [4.78, 5) is 2.58. The Hall–Kier alpha value is -1.75. The first-order valence-corrected chi connectivity index (χ1v) is 10.1. The molecule has 3 aliphatic heterocycles. The quantitative estimate of drug-likeness (QED) is 0.776. The molecule has 0 spiro atoms. The highest BCUT2D eigenvalue weighted by atomic mass is 35.5. The van der Waals surface area contributed by atoms with Gasteiger partial charge in [0.2, 0.25) is 0 Å². The highest BCUT2D eigenvalue weighted by Gasteiger charge is 2.33. The molecular formula is C22H27ClN2O2. The van der Waals surface area contributed by atoms with Crippen LogP contribution in [-0.4, -0.2) is 37.7 Å². The van der Waals surface area contributed by atoms with Gasteiger partial charge in [0.25, 0.3) is 0 Å². The van der Waals surface area contributed by atoms with Crippen LogP contribution in [0.1, 0.15) is 24.0 Å². The number of nitrogens with one attached hydrogen (secondary N) is 1. The van der Waals surface area contributed by atoms with Crippen molar-refractivity contribution in [2.75, 3.05) is 26.7 Å². The molecule has 3 fully saturated rings. The van der Waals surface area contributed by atoms with E-state index in [2.05, 4.69) is 22.3 Å². The largest absolute Gasteiger partial charge is 0.493 e. The van der Waals surface area contributed by atoms with Crippen molar-refractivity contribution in [3.63, 3.8) is 0 Å². The summed E-state index contributed by atoms with van der Waals surface area (Å²) in [6.07, 6.45) is 2.66. The summed E-state index contributed by atoms with van der Waals surface area (Å²) in [5, 5.41) is 4.49. The maximum absolute atomic E-state index is 5.95. The molecule has 1 unspecified atom stereocenters. The molecule has 2 aromatic rings. The molecule has 0 radical (unpaired) electrons. The summed E-state index contributed by atoms with van der Waals surface area (Å²) in [6, 6.07) is 14.5. The number of methoxy groups -OCH3 is 1. The molecule has 5 rings (SSSR count). The van der Waals surface area contributed by atoms with Crippen LogP contribution in [-0.2, 0) is 13.2 Å². The minimum atomic E-state index is 0.491. The highest BCUT2D eigenvalue weighted by Crippen LogP contribution is 2.30. The van der Waals surface area contributed by atoms with E-state index < -0.39 is 0 Å². The number of piperidine rings is 3. The zero-order chi connectivity index (χ0) is 18.6. The fourth-order valence-corrected chi connectivity index (χ4v) is 4.25. The van der Waals surface area contributed by atoms with Crippen molar-refractivity contribution < 1.29 is 9.47 Å². The lowest BCUT2D eigenvalue weighted by Crippen LogP contribution is -2.55. The Balaban J connectivity index is 1.35. The topological polar surface area (TPSA) is 33.7 Å². The summed E-state index contributed by atoms with van der Waals surface area (Å²) in [6.45, 7) is 5.09. The van der Waals surface area contributed by atoms with Crippen LogP contribution in [0.15, 0.2) is 42.5 Å². The third-order valence-electron chi connectivity index (χ3n) is 5.76. The van der Waals surface area contributed by atoms with Crippen LogP contribution in [0.4, 0.5) is 0 Å². The summed E-state index contributed by atoms with van der Waals surface area (Å²) in [5.74, 6) is 2.37. The Kier molecular flexibility index (Phi) is 5.86. The average Bonchev–Trinajstić information content (AvgIpc) is 2.73. The van der Waals surface area contributed by atoms with Crippen LogP contribution in [0.25, 0.3) is 0 Å². The van der Waals surface area contributed by atoms with E-state index in [0.717, 1.165) is 34.5 Å². The molecule has 0 saturated carbocycles. The Morgan fingerprint density at radius 3 is 2.44 bits per heavy atom. The molecule has 0 aromatic heterocycles. The Morgan fingerprint density at radius 1 is 1.04 bits per heavy atom. The molecular weight excluding hydrogens is 360 g/mol. The summed E-state index contributed by atoms with van der Waals surface area (Å²) in [7, 11) is 1.69. The maximum Gasteiger partial charge on any atom is 0.161 e. The van der Waals surface area contributed by atoms with Gasteiger partial charge >= 0.3 is 0 Å². The first-order chi connectivity index (χ1) is 13.2. The van der Waals surface area contributed by atoms with E-state index in [0.29, 0.717) is 12.6 Å². The second-order valence-electron chi connectivity index (χ2n) is 7.53. The zero-order valence-electron chi connectivity index (χ0n) is 15.8. The summed E-state index contributed by atoms with van der Waals surface area (Å²) in [5.41, 5.74) is 2.30. The van der Waals surface area contributed by atoms with Crippen molar-refractivity contribution in [1.82, 2.24) is 10.2 Å². The van der Waals surface area contributed by atoms with E-state index in [4.69, 9.17) is 21.1 Å². The van der Waals surface area contributed by atoms with Crippen molar-refractivity contribution in [3.05, 3.63) is 58.6 Å². The van der Waals surface area contributed by atoms with E-state index in [9.17, 15) is 0 Å². The highest BCUT2D eigenvalue weighted by molar-refractivity contribution is 6.30. The molecule has 2 aromatic carbocycles. The van der Waals surface area contributed by atoms with E-state index in [1.165, 1.54) is 38.0 Å². The molecule has 2 bridgehead atoms. The van der Waals surface area contributed by atoms with E-state index in [1.807, 2.05) is 30.3 Å². The molecule has 27 heavy (non-hydrogen) atoms. The van der Waals surface area contributed by atoms with Crippen molar-refractivity contribution in [1.29, 1.82) is 0 Å². The SMILES string of the molecule is COc1cc(CNC2CN3CCC2CC3)ccc1OCc1ccc(Cl)cc1. The third kappa shape index (κ3) is 4.57. The fourth-order valence-electron chi connectivity index (χ4n) is 4.13. The Morgan fingerprint density at radius 2 is 1.78 bits per heavy atom.